The zero-order chi connectivity index (χ0) is 20.1. The molecule has 8 nitrogen and oxygen atoms in total. The van der Waals surface area contributed by atoms with Crippen molar-refractivity contribution >= 4 is 29.2 Å². The van der Waals surface area contributed by atoms with Gasteiger partial charge in [-0.3, -0.25) is 9.59 Å². The van der Waals surface area contributed by atoms with Gasteiger partial charge in [0.15, 0.2) is 5.69 Å². The van der Waals surface area contributed by atoms with Gasteiger partial charge >= 0.3 is 11.9 Å². The molecule has 1 amide bonds. The fourth-order valence-corrected chi connectivity index (χ4v) is 2.65. The van der Waals surface area contributed by atoms with Crippen molar-refractivity contribution in [3.05, 3.63) is 54.5 Å². The average molecular weight is 381 g/mol. The summed E-state index contributed by atoms with van der Waals surface area (Å²) in [7, 11) is 0. The predicted octanol–water partition coefficient (Wildman–Crippen LogP) is 2.98. The molecule has 0 radical (unpaired) electrons. The molecule has 0 aliphatic carbocycles. The highest BCUT2D eigenvalue weighted by atomic mass is 16.5. The van der Waals surface area contributed by atoms with E-state index in [2.05, 4.69) is 10.3 Å². The zero-order valence-corrected chi connectivity index (χ0v) is 15.2. The fourth-order valence-electron chi connectivity index (χ4n) is 2.65. The number of nitrogens with zero attached hydrogens (tertiary/aromatic N) is 2. The summed E-state index contributed by atoms with van der Waals surface area (Å²) in [6, 6.07) is 10.9. The van der Waals surface area contributed by atoms with Gasteiger partial charge in [-0.15, -0.1) is 0 Å². The molecule has 8 heteroatoms. The number of hydrogen-bond acceptors (Lipinski definition) is 5. The number of benzene rings is 1. The van der Waals surface area contributed by atoms with Crippen LogP contribution in [0, 0.1) is 0 Å². The number of ether oxygens (including phenoxy) is 1. The second kappa shape index (κ2) is 8.34. The zero-order valence-electron chi connectivity index (χ0n) is 15.2. The Morgan fingerprint density at radius 3 is 2.54 bits per heavy atom. The smallest absolute Gasteiger partial charge is 0.358 e. The Balaban J connectivity index is 1.74. The number of anilines is 1. The van der Waals surface area contributed by atoms with E-state index in [0.29, 0.717) is 11.3 Å². The number of carboxylic acid groups (broad SMARTS) is 1. The van der Waals surface area contributed by atoms with E-state index >= 15 is 0 Å². The minimum atomic E-state index is -1.01. The number of amides is 1. The average Bonchev–Trinajstić information content (AvgIpc) is 3.11. The topological polar surface area (TPSA) is 110 Å². The summed E-state index contributed by atoms with van der Waals surface area (Å²) in [4.78, 5) is 38.3. The molecule has 3 rings (SSSR count). The maximum atomic E-state index is 11.8. The third kappa shape index (κ3) is 4.53. The van der Waals surface area contributed by atoms with Crippen molar-refractivity contribution in [3.63, 3.8) is 0 Å². The molecule has 0 saturated heterocycles. The van der Waals surface area contributed by atoms with E-state index in [1.165, 1.54) is 0 Å². The lowest BCUT2D eigenvalue weighted by Gasteiger charge is -2.07. The van der Waals surface area contributed by atoms with E-state index in [4.69, 9.17) is 9.84 Å². The number of aromatic nitrogens is 2. The van der Waals surface area contributed by atoms with Crippen LogP contribution in [0.5, 0.6) is 0 Å². The van der Waals surface area contributed by atoms with Gasteiger partial charge < -0.3 is 19.6 Å². The lowest BCUT2D eigenvalue weighted by molar-refractivity contribution is -0.138. The maximum Gasteiger partial charge on any atom is 0.358 e. The molecule has 0 atom stereocenters. The molecule has 2 heterocycles. The summed E-state index contributed by atoms with van der Waals surface area (Å²) in [5.41, 5.74) is 3.26. The van der Waals surface area contributed by atoms with Crippen LogP contribution in [0.3, 0.4) is 0 Å². The number of pyridine rings is 1. The molecular formula is C20H19N3O5. The van der Waals surface area contributed by atoms with Crippen molar-refractivity contribution in [2.24, 2.45) is 0 Å². The molecule has 0 unspecified atom stereocenters. The number of carbonyl (C=O) groups is 3. The molecule has 28 heavy (non-hydrogen) atoms. The molecule has 3 aromatic rings. The van der Waals surface area contributed by atoms with Crippen LogP contribution in [0.1, 0.15) is 30.3 Å². The molecular weight excluding hydrogens is 362 g/mol. The summed E-state index contributed by atoms with van der Waals surface area (Å²) in [6.45, 7) is 2.03. The molecule has 0 spiro atoms. The quantitative estimate of drug-likeness (QED) is 0.609. The first kappa shape index (κ1) is 19.1. The number of fused-ring (bicyclic) bond motifs is 1. The number of esters is 1. The Kier molecular flexibility index (Phi) is 5.69. The number of aliphatic carboxylic acids is 1. The van der Waals surface area contributed by atoms with E-state index in [1.54, 1.807) is 29.7 Å². The Bertz CT molecular complexity index is 1020. The molecule has 2 aromatic heterocycles. The normalized spacial score (nSPS) is 10.6. The first-order valence-electron chi connectivity index (χ1n) is 8.74. The Morgan fingerprint density at radius 1 is 1.11 bits per heavy atom. The summed E-state index contributed by atoms with van der Waals surface area (Å²) < 4.78 is 6.71. The number of carboxylic acids is 1. The number of imidazole rings is 1. The summed E-state index contributed by atoms with van der Waals surface area (Å²) in [5, 5.41) is 11.3. The van der Waals surface area contributed by atoms with Crippen LogP contribution in [-0.2, 0) is 14.3 Å². The fraction of sp³-hybridized carbons (Fsp3) is 0.200. The Hall–Kier alpha value is -3.68. The molecule has 0 bridgehead atoms. The first-order valence-corrected chi connectivity index (χ1v) is 8.74. The van der Waals surface area contributed by atoms with Gasteiger partial charge in [-0.2, -0.15) is 0 Å². The lowest BCUT2D eigenvalue weighted by atomic mass is 10.1. The van der Waals surface area contributed by atoms with Crippen molar-refractivity contribution in [1.29, 1.82) is 0 Å². The van der Waals surface area contributed by atoms with Gasteiger partial charge in [0.25, 0.3) is 0 Å². The van der Waals surface area contributed by atoms with Crippen molar-refractivity contribution in [1.82, 2.24) is 9.38 Å². The van der Waals surface area contributed by atoms with Crippen molar-refractivity contribution in [3.8, 4) is 11.1 Å². The van der Waals surface area contributed by atoms with Crippen molar-refractivity contribution in [2.45, 2.75) is 19.8 Å². The van der Waals surface area contributed by atoms with Gasteiger partial charge in [-0.25, -0.2) is 9.78 Å². The van der Waals surface area contributed by atoms with E-state index in [1.807, 2.05) is 30.5 Å². The first-order chi connectivity index (χ1) is 13.5. The van der Waals surface area contributed by atoms with E-state index in [9.17, 15) is 14.4 Å². The molecule has 144 valence electrons. The van der Waals surface area contributed by atoms with Gasteiger partial charge in [0.05, 0.1) is 13.0 Å². The van der Waals surface area contributed by atoms with Gasteiger partial charge in [0.2, 0.25) is 5.91 Å². The number of hydrogen-bond donors (Lipinski definition) is 2. The van der Waals surface area contributed by atoms with Crippen LogP contribution in [0.2, 0.25) is 0 Å². The second-order valence-corrected chi connectivity index (χ2v) is 6.05. The van der Waals surface area contributed by atoms with E-state index in [-0.39, 0.29) is 31.0 Å². The van der Waals surface area contributed by atoms with Crippen LogP contribution >= 0.6 is 0 Å². The summed E-state index contributed by atoms with van der Waals surface area (Å²) >= 11 is 0. The number of rotatable bonds is 7. The molecule has 0 aliphatic heterocycles. The Labute approximate surface area is 160 Å². The van der Waals surface area contributed by atoms with Crippen LogP contribution in [0.25, 0.3) is 16.8 Å². The number of carbonyl (C=O) groups excluding carboxylic acids is 2. The highest BCUT2D eigenvalue weighted by Gasteiger charge is 2.12. The molecule has 0 aliphatic rings. The molecule has 0 fully saturated rings. The lowest BCUT2D eigenvalue weighted by Crippen LogP contribution is -2.13. The minimum absolute atomic E-state index is 0.0730. The van der Waals surface area contributed by atoms with Gasteiger partial charge in [-0.05, 0) is 42.3 Å². The highest BCUT2D eigenvalue weighted by Crippen LogP contribution is 2.23. The third-order valence-corrected chi connectivity index (χ3v) is 4.01. The van der Waals surface area contributed by atoms with Crippen LogP contribution < -0.4 is 5.32 Å². The standard InChI is InChI=1S/C20H19N3O5/c1-2-28-20(27)16-12-23-10-9-14(11-17(23)22-16)13-3-5-15(6-4-13)21-18(24)7-8-19(25)26/h3-6,9-12H,2,7-8H2,1H3,(H,21,24)(H,25,26). The number of nitrogens with one attached hydrogen (secondary N) is 1. The predicted molar refractivity (Wildman–Crippen MR) is 102 cm³/mol. The Morgan fingerprint density at radius 2 is 1.86 bits per heavy atom. The SMILES string of the molecule is CCOC(=O)c1cn2ccc(-c3ccc(NC(=O)CCC(=O)O)cc3)cc2n1. The van der Waals surface area contributed by atoms with Gasteiger partial charge in [0, 0.05) is 24.5 Å². The van der Waals surface area contributed by atoms with Crippen molar-refractivity contribution in [2.75, 3.05) is 11.9 Å². The van der Waals surface area contributed by atoms with Crippen molar-refractivity contribution < 1.29 is 24.2 Å². The monoisotopic (exact) mass is 381 g/mol. The minimum Gasteiger partial charge on any atom is -0.481 e. The van der Waals surface area contributed by atoms with E-state index in [0.717, 1.165) is 11.1 Å². The molecule has 1 aromatic carbocycles. The van der Waals surface area contributed by atoms with Gasteiger partial charge in [-0.1, -0.05) is 12.1 Å². The van der Waals surface area contributed by atoms with Gasteiger partial charge in [0.1, 0.15) is 5.65 Å². The summed E-state index contributed by atoms with van der Waals surface area (Å²) in [6.07, 6.45) is 3.15. The van der Waals surface area contributed by atoms with E-state index < -0.39 is 11.9 Å². The maximum absolute atomic E-state index is 11.8. The molecule has 2 N–H and O–H groups in total. The summed E-state index contributed by atoms with van der Waals surface area (Å²) in [5.74, 6) is -1.82. The van der Waals surface area contributed by atoms with Crippen LogP contribution in [0.15, 0.2) is 48.8 Å². The largest absolute Gasteiger partial charge is 0.481 e. The third-order valence-electron chi connectivity index (χ3n) is 4.01. The second-order valence-electron chi connectivity index (χ2n) is 6.05. The highest BCUT2D eigenvalue weighted by molar-refractivity contribution is 5.92. The van der Waals surface area contributed by atoms with Crippen LogP contribution in [0.4, 0.5) is 5.69 Å². The van der Waals surface area contributed by atoms with Crippen LogP contribution in [-0.4, -0.2) is 38.9 Å². The molecule has 0 saturated carbocycles.